The molecule has 0 heterocycles. The summed E-state index contributed by atoms with van der Waals surface area (Å²) in [5.41, 5.74) is 1.20. The van der Waals surface area contributed by atoms with Crippen molar-refractivity contribution in [3.63, 3.8) is 0 Å². The first-order chi connectivity index (χ1) is 10.1. The molecule has 0 aliphatic rings. The highest BCUT2D eigenvalue weighted by molar-refractivity contribution is 9.10. The molecule has 1 atom stereocenters. The van der Waals surface area contributed by atoms with Crippen molar-refractivity contribution in [1.29, 1.82) is 0 Å². The monoisotopic (exact) mass is 374 g/mol. The van der Waals surface area contributed by atoms with E-state index in [1.165, 1.54) is 31.5 Å². The van der Waals surface area contributed by atoms with Crippen LogP contribution in [0.3, 0.4) is 0 Å². The predicted molar refractivity (Wildman–Crippen MR) is 97.2 cm³/mol. The van der Waals surface area contributed by atoms with Gasteiger partial charge in [-0.2, -0.15) is 0 Å². The van der Waals surface area contributed by atoms with Gasteiger partial charge in [-0.3, -0.25) is 0 Å². The first-order valence-corrected chi connectivity index (χ1v) is 9.20. The molecule has 0 saturated carbocycles. The van der Waals surface area contributed by atoms with Crippen LogP contribution in [0.25, 0.3) is 0 Å². The Morgan fingerprint density at radius 1 is 1.14 bits per heavy atom. The van der Waals surface area contributed by atoms with Crippen LogP contribution in [0.15, 0.2) is 22.7 Å². The zero-order chi connectivity index (χ0) is 15.7. The smallest absolute Gasteiger partial charge is 0.0465 e. The molecule has 0 radical (unpaired) electrons. The van der Waals surface area contributed by atoms with Gasteiger partial charge in [0.05, 0.1) is 0 Å². The minimum Gasteiger partial charge on any atom is -0.310 e. The molecule has 1 aromatic carbocycles. The van der Waals surface area contributed by atoms with E-state index >= 15 is 0 Å². The standard InChI is InChI=1S/C17H28BrClN2/c1-4-10-21(11-5-2)12-9-17(20-6-3)15-8-7-14(18)13-16(15)19/h7-8,13,17,20H,4-6,9-12H2,1-3H3. The molecule has 1 unspecified atom stereocenters. The summed E-state index contributed by atoms with van der Waals surface area (Å²) in [7, 11) is 0. The van der Waals surface area contributed by atoms with Crippen molar-refractivity contribution >= 4 is 27.5 Å². The summed E-state index contributed by atoms with van der Waals surface area (Å²) in [5.74, 6) is 0. The van der Waals surface area contributed by atoms with Crippen LogP contribution in [-0.2, 0) is 0 Å². The Balaban J connectivity index is 2.72. The quantitative estimate of drug-likeness (QED) is 0.599. The zero-order valence-corrected chi connectivity index (χ0v) is 15.8. The molecule has 0 spiro atoms. The first-order valence-electron chi connectivity index (χ1n) is 8.03. The number of nitrogens with zero attached hydrogens (tertiary/aromatic N) is 1. The fourth-order valence-electron chi connectivity index (χ4n) is 2.68. The van der Waals surface area contributed by atoms with Gasteiger partial charge in [0.25, 0.3) is 0 Å². The molecule has 0 amide bonds. The molecular formula is C17H28BrClN2. The van der Waals surface area contributed by atoms with E-state index in [-0.39, 0.29) is 0 Å². The average Bonchev–Trinajstić information content (AvgIpc) is 2.44. The van der Waals surface area contributed by atoms with Crippen molar-refractivity contribution in [3.8, 4) is 0 Å². The highest BCUT2D eigenvalue weighted by Gasteiger charge is 2.15. The minimum absolute atomic E-state index is 0.326. The summed E-state index contributed by atoms with van der Waals surface area (Å²) in [6.07, 6.45) is 3.52. The van der Waals surface area contributed by atoms with Crippen LogP contribution in [0.1, 0.15) is 51.6 Å². The molecule has 1 aromatic rings. The molecule has 0 aliphatic heterocycles. The van der Waals surface area contributed by atoms with Crippen LogP contribution in [0.4, 0.5) is 0 Å². The first kappa shape index (κ1) is 19.0. The maximum atomic E-state index is 6.41. The molecule has 0 aromatic heterocycles. The number of halogens is 2. The third-order valence-corrected chi connectivity index (χ3v) is 4.42. The number of nitrogens with one attached hydrogen (secondary N) is 1. The van der Waals surface area contributed by atoms with Gasteiger partial charge >= 0.3 is 0 Å². The Bertz CT molecular complexity index is 406. The molecule has 0 aliphatic carbocycles. The van der Waals surface area contributed by atoms with E-state index in [9.17, 15) is 0 Å². The van der Waals surface area contributed by atoms with Gasteiger partial charge in [-0.1, -0.05) is 54.4 Å². The molecule has 4 heteroatoms. The van der Waals surface area contributed by atoms with Crippen molar-refractivity contribution in [1.82, 2.24) is 10.2 Å². The fourth-order valence-corrected chi connectivity index (χ4v) is 3.48. The summed E-state index contributed by atoms with van der Waals surface area (Å²) in [6, 6.07) is 6.51. The zero-order valence-electron chi connectivity index (χ0n) is 13.5. The summed E-state index contributed by atoms with van der Waals surface area (Å²) < 4.78 is 1.03. The van der Waals surface area contributed by atoms with E-state index < -0.39 is 0 Å². The lowest BCUT2D eigenvalue weighted by atomic mass is 10.0. The average molecular weight is 376 g/mol. The number of rotatable bonds is 10. The predicted octanol–water partition coefficient (Wildman–Crippen LogP) is 5.27. The van der Waals surface area contributed by atoms with Crippen LogP contribution >= 0.6 is 27.5 Å². The molecular weight excluding hydrogens is 348 g/mol. The normalized spacial score (nSPS) is 12.9. The summed E-state index contributed by atoms with van der Waals surface area (Å²) >= 11 is 9.89. The molecule has 1 N–H and O–H groups in total. The Hall–Kier alpha value is -0.0900. The minimum atomic E-state index is 0.326. The molecule has 0 saturated heterocycles. The Morgan fingerprint density at radius 3 is 2.33 bits per heavy atom. The van der Waals surface area contributed by atoms with Gasteiger partial charge in [0, 0.05) is 15.5 Å². The Kier molecular flexibility index (Phi) is 9.57. The van der Waals surface area contributed by atoms with E-state index in [0.717, 1.165) is 29.0 Å². The second kappa shape index (κ2) is 10.6. The molecule has 21 heavy (non-hydrogen) atoms. The van der Waals surface area contributed by atoms with E-state index in [1.807, 2.05) is 6.07 Å². The summed E-state index contributed by atoms with van der Waals surface area (Å²) in [4.78, 5) is 2.55. The van der Waals surface area contributed by atoms with Gasteiger partial charge in [-0.15, -0.1) is 0 Å². The van der Waals surface area contributed by atoms with Gasteiger partial charge in [0.1, 0.15) is 0 Å². The SMILES string of the molecule is CCCN(CCC)CCC(NCC)c1ccc(Br)cc1Cl. The second-order valence-electron chi connectivity index (χ2n) is 5.41. The summed E-state index contributed by atoms with van der Waals surface area (Å²) in [6.45, 7) is 11.1. The highest BCUT2D eigenvalue weighted by atomic mass is 79.9. The van der Waals surface area contributed by atoms with Crippen molar-refractivity contribution in [3.05, 3.63) is 33.3 Å². The molecule has 1 rings (SSSR count). The van der Waals surface area contributed by atoms with Crippen LogP contribution < -0.4 is 5.32 Å². The Labute approximate surface area is 143 Å². The lowest BCUT2D eigenvalue weighted by Gasteiger charge is -2.25. The molecule has 0 bridgehead atoms. The molecule has 0 fully saturated rings. The third-order valence-electron chi connectivity index (χ3n) is 3.60. The number of benzene rings is 1. The topological polar surface area (TPSA) is 15.3 Å². The third kappa shape index (κ3) is 6.68. The van der Waals surface area contributed by atoms with Crippen molar-refractivity contribution in [2.24, 2.45) is 0 Å². The van der Waals surface area contributed by atoms with Gasteiger partial charge in [-0.05, 0) is 63.1 Å². The van der Waals surface area contributed by atoms with Gasteiger partial charge < -0.3 is 10.2 Å². The van der Waals surface area contributed by atoms with E-state index in [1.54, 1.807) is 0 Å². The van der Waals surface area contributed by atoms with Crippen LogP contribution in [0, 0.1) is 0 Å². The largest absolute Gasteiger partial charge is 0.310 e. The fraction of sp³-hybridized carbons (Fsp3) is 0.647. The van der Waals surface area contributed by atoms with Crippen molar-refractivity contribution < 1.29 is 0 Å². The van der Waals surface area contributed by atoms with Crippen LogP contribution in [-0.4, -0.2) is 31.1 Å². The van der Waals surface area contributed by atoms with E-state index in [4.69, 9.17) is 11.6 Å². The van der Waals surface area contributed by atoms with Crippen LogP contribution in [0.5, 0.6) is 0 Å². The number of hydrogen-bond acceptors (Lipinski definition) is 2. The maximum Gasteiger partial charge on any atom is 0.0465 e. The lowest BCUT2D eigenvalue weighted by molar-refractivity contribution is 0.258. The van der Waals surface area contributed by atoms with Crippen molar-refractivity contribution in [2.45, 2.75) is 46.1 Å². The second-order valence-corrected chi connectivity index (χ2v) is 6.73. The van der Waals surface area contributed by atoms with Gasteiger partial charge in [-0.25, -0.2) is 0 Å². The van der Waals surface area contributed by atoms with E-state index in [0.29, 0.717) is 6.04 Å². The van der Waals surface area contributed by atoms with Crippen LogP contribution in [0.2, 0.25) is 5.02 Å². The molecule has 120 valence electrons. The Morgan fingerprint density at radius 2 is 1.81 bits per heavy atom. The van der Waals surface area contributed by atoms with Crippen molar-refractivity contribution in [2.75, 3.05) is 26.2 Å². The van der Waals surface area contributed by atoms with Gasteiger partial charge in [0.2, 0.25) is 0 Å². The lowest BCUT2D eigenvalue weighted by Crippen LogP contribution is -2.31. The summed E-state index contributed by atoms with van der Waals surface area (Å²) in [5, 5.41) is 4.41. The molecule has 2 nitrogen and oxygen atoms in total. The van der Waals surface area contributed by atoms with Gasteiger partial charge in [0.15, 0.2) is 0 Å². The maximum absolute atomic E-state index is 6.41. The number of hydrogen-bond donors (Lipinski definition) is 1. The van der Waals surface area contributed by atoms with E-state index in [2.05, 4.69) is 59.1 Å². The highest BCUT2D eigenvalue weighted by Crippen LogP contribution is 2.28.